The van der Waals surface area contributed by atoms with Crippen molar-refractivity contribution < 1.29 is 29.1 Å². The molecule has 34 heavy (non-hydrogen) atoms. The molecule has 0 aliphatic rings. The van der Waals surface area contributed by atoms with E-state index < -0.39 is 60.7 Å². The van der Waals surface area contributed by atoms with Crippen LogP contribution in [0.15, 0.2) is 30.5 Å². The normalized spacial score (nSPS) is 13.6. The Morgan fingerprint density at radius 3 is 2.26 bits per heavy atom. The van der Waals surface area contributed by atoms with Gasteiger partial charge in [0.1, 0.15) is 18.6 Å². The van der Waals surface area contributed by atoms with Crippen LogP contribution in [0.5, 0.6) is 0 Å². The highest BCUT2D eigenvalue weighted by atomic mass is 16.4. The summed E-state index contributed by atoms with van der Waals surface area (Å²) < 4.78 is 0. The number of para-hydroxylation sites is 1. The zero-order valence-electron chi connectivity index (χ0n) is 19.0. The average molecular weight is 475 g/mol. The summed E-state index contributed by atoms with van der Waals surface area (Å²) in [6.45, 7) is 2.79. The Kier molecular flexibility index (Phi) is 9.13. The number of benzene rings is 1. The van der Waals surface area contributed by atoms with Crippen molar-refractivity contribution in [1.29, 1.82) is 0 Å². The number of aliphatic carboxylic acids is 1. The summed E-state index contributed by atoms with van der Waals surface area (Å²) in [5.41, 5.74) is 12.6. The van der Waals surface area contributed by atoms with Gasteiger partial charge in [-0.15, -0.1) is 0 Å². The molecule has 0 fully saturated rings. The molecule has 0 saturated carbocycles. The van der Waals surface area contributed by atoms with E-state index in [1.165, 1.54) is 0 Å². The second-order valence-electron chi connectivity index (χ2n) is 8.24. The molecule has 9 N–H and O–H groups in total. The summed E-state index contributed by atoms with van der Waals surface area (Å²) in [5, 5.41) is 16.9. The van der Waals surface area contributed by atoms with E-state index in [1.807, 2.05) is 24.3 Å². The number of amides is 4. The highest BCUT2D eigenvalue weighted by Crippen LogP contribution is 2.19. The van der Waals surface area contributed by atoms with Gasteiger partial charge in [-0.3, -0.25) is 24.0 Å². The first-order valence-corrected chi connectivity index (χ1v) is 10.7. The Balaban J connectivity index is 2.26. The second-order valence-corrected chi connectivity index (χ2v) is 8.24. The van der Waals surface area contributed by atoms with E-state index in [2.05, 4.69) is 20.9 Å². The molecule has 0 spiro atoms. The summed E-state index contributed by atoms with van der Waals surface area (Å²) in [7, 11) is 0. The number of fused-ring (bicyclic) bond motifs is 1. The van der Waals surface area contributed by atoms with Crippen LogP contribution in [0, 0.1) is 5.92 Å². The first kappa shape index (κ1) is 26.3. The molecule has 2 aromatic rings. The standard InChI is InChI=1S/C22H30N6O6/c1-11(2)19(24)22(34)28-16(8-17(23)29)21(33)27-15(20(32)26-10-18(30)31)7-12-9-25-14-6-4-3-5-13(12)14/h3-6,9,11,15-16,19,25H,7-8,10,24H2,1-2H3,(H2,23,29)(H,26,32)(H,27,33)(H,28,34)(H,30,31). The zero-order valence-corrected chi connectivity index (χ0v) is 19.0. The van der Waals surface area contributed by atoms with Crippen molar-refractivity contribution in [3.05, 3.63) is 36.0 Å². The van der Waals surface area contributed by atoms with Crippen molar-refractivity contribution in [3.63, 3.8) is 0 Å². The fraction of sp³-hybridized carbons (Fsp3) is 0.409. The molecule has 1 aromatic carbocycles. The molecule has 12 nitrogen and oxygen atoms in total. The molecular formula is C22H30N6O6. The lowest BCUT2D eigenvalue weighted by Gasteiger charge is -2.24. The molecule has 4 amide bonds. The Hall–Kier alpha value is -3.93. The monoisotopic (exact) mass is 474 g/mol. The van der Waals surface area contributed by atoms with Crippen molar-refractivity contribution in [1.82, 2.24) is 20.9 Å². The number of aromatic nitrogens is 1. The summed E-state index contributed by atoms with van der Waals surface area (Å²) >= 11 is 0. The zero-order chi connectivity index (χ0) is 25.4. The van der Waals surface area contributed by atoms with Crippen LogP contribution in [0.3, 0.4) is 0 Å². The predicted molar refractivity (Wildman–Crippen MR) is 123 cm³/mol. The summed E-state index contributed by atoms with van der Waals surface area (Å²) in [6, 6.07) is 3.83. The van der Waals surface area contributed by atoms with Crippen LogP contribution >= 0.6 is 0 Å². The lowest BCUT2D eigenvalue weighted by molar-refractivity contribution is -0.138. The molecular weight excluding hydrogens is 444 g/mol. The lowest BCUT2D eigenvalue weighted by Crippen LogP contribution is -2.57. The third-order valence-corrected chi connectivity index (χ3v) is 5.21. The van der Waals surface area contributed by atoms with Crippen LogP contribution in [-0.4, -0.2) is 64.4 Å². The second kappa shape index (κ2) is 11.8. The van der Waals surface area contributed by atoms with Crippen LogP contribution in [0.2, 0.25) is 0 Å². The third-order valence-electron chi connectivity index (χ3n) is 5.21. The van der Waals surface area contributed by atoms with Crippen LogP contribution < -0.4 is 27.4 Å². The van der Waals surface area contributed by atoms with Crippen molar-refractivity contribution in [2.45, 2.75) is 44.8 Å². The Labute approximate surface area is 195 Å². The van der Waals surface area contributed by atoms with Gasteiger partial charge in [-0.1, -0.05) is 32.0 Å². The van der Waals surface area contributed by atoms with Crippen LogP contribution in [0.1, 0.15) is 25.8 Å². The minimum Gasteiger partial charge on any atom is -0.480 e. The quantitative estimate of drug-likeness (QED) is 0.198. The highest BCUT2D eigenvalue weighted by molar-refractivity contribution is 5.96. The van der Waals surface area contributed by atoms with Gasteiger partial charge in [0.25, 0.3) is 0 Å². The number of carboxylic acid groups (broad SMARTS) is 1. The number of primary amides is 1. The van der Waals surface area contributed by atoms with E-state index in [0.717, 1.165) is 10.9 Å². The first-order chi connectivity index (χ1) is 16.0. The number of nitrogens with two attached hydrogens (primary N) is 2. The molecule has 0 aliphatic heterocycles. The van der Waals surface area contributed by atoms with E-state index in [4.69, 9.17) is 16.6 Å². The number of rotatable bonds is 12. The number of nitrogens with one attached hydrogen (secondary N) is 4. The molecule has 184 valence electrons. The van der Waals surface area contributed by atoms with Crippen molar-refractivity contribution in [2.75, 3.05) is 6.54 Å². The number of carbonyl (C=O) groups is 5. The largest absolute Gasteiger partial charge is 0.480 e. The minimum absolute atomic E-state index is 0.0178. The van der Waals surface area contributed by atoms with Gasteiger partial charge < -0.3 is 37.5 Å². The summed E-state index contributed by atoms with van der Waals surface area (Å²) in [5.74, 6) is -4.56. The maximum atomic E-state index is 13.0. The first-order valence-electron chi connectivity index (χ1n) is 10.7. The van der Waals surface area contributed by atoms with E-state index in [9.17, 15) is 24.0 Å². The van der Waals surface area contributed by atoms with Gasteiger partial charge in [0.05, 0.1) is 12.5 Å². The van der Waals surface area contributed by atoms with Gasteiger partial charge in [-0.05, 0) is 17.5 Å². The van der Waals surface area contributed by atoms with Gasteiger partial charge in [-0.2, -0.15) is 0 Å². The molecule has 0 radical (unpaired) electrons. The number of hydrogen-bond donors (Lipinski definition) is 7. The van der Waals surface area contributed by atoms with E-state index >= 15 is 0 Å². The van der Waals surface area contributed by atoms with Crippen LogP contribution in [0.4, 0.5) is 0 Å². The van der Waals surface area contributed by atoms with E-state index in [0.29, 0.717) is 5.56 Å². The fourth-order valence-electron chi connectivity index (χ4n) is 3.27. The third kappa shape index (κ3) is 7.30. The smallest absolute Gasteiger partial charge is 0.322 e. The number of H-pyrrole nitrogens is 1. The highest BCUT2D eigenvalue weighted by Gasteiger charge is 2.30. The SMILES string of the molecule is CC(C)C(N)C(=O)NC(CC(N)=O)C(=O)NC(Cc1c[nH]c2ccccc12)C(=O)NCC(=O)O. The molecule has 0 saturated heterocycles. The number of aromatic amines is 1. The van der Waals surface area contributed by atoms with Gasteiger partial charge in [0.15, 0.2) is 0 Å². The van der Waals surface area contributed by atoms with Gasteiger partial charge in [0.2, 0.25) is 23.6 Å². The van der Waals surface area contributed by atoms with Gasteiger partial charge in [0, 0.05) is 23.5 Å². The van der Waals surface area contributed by atoms with Crippen LogP contribution in [0.25, 0.3) is 10.9 Å². The molecule has 1 heterocycles. The Morgan fingerprint density at radius 2 is 1.65 bits per heavy atom. The number of hydrogen-bond acceptors (Lipinski definition) is 6. The maximum Gasteiger partial charge on any atom is 0.322 e. The maximum absolute atomic E-state index is 13.0. The van der Waals surface area contributed by atoms with Crippen LogP contribution in [-0.2, 0) is 30.4 Å². The van der Waals surface area contributed by atoms with Crippen molar-refractivity contribution in [3.8, 4) is 0 Å². The molecule has 1 aromatic heterocycles. The molecule has 0 aliphatic carbocycles. The lowest BCUT2D eigenvalue weighted by atomic mass is 10.0. The van der Waals surface area contributed by atoms with Crippen molar-refractivity contribution in [2.24, 2.45) is 17.4 Å². The van der Waals surface area contributed by atoms with Crippen molar-refractivity contribution >= 4 is 40.5 Å². The Morgan fingerprint density at radius 1 is 1.00 bits per heavy atom. The van der Waals surface area contributed by atoms with Gasteiger partial charge in [-0.25, -0.2) is 0 Å². The summed E-state index contributed by atoms with van der Waals surface area (Å²) in [4.78, 5) is 63.5. The number of carboxylic acids is 1. The van der Waals surface area contributed by atoms with Gasteiger partial charge >= 0.3 is 5.97 Å². The molecule has 3 unspecified atom stereocenters. The van der Waals surface area contributed by atoms with E-state index in [-0.39, 0.29) is 12.3 Å². The molecule has 0 bridgehead atoms. The molecule has 2 rings (SSSR count). The predicted octanol–water partition coefficient (Wildman–Crippen LogP) is -1.26. The number of carbonyl (C=O) groups excluding carboxylic acids is 4. The molecule has 12 heteroatoms. The fourth-order valence-corrected chi connectivity index (χ4v) is 3.27. The van der Waals surface area contributed by atoms with E-state index in [1.54, 1.807) is 20.0 Å². The average Bonchev–Trinajstić information content (AvgIpc) is 3.18. The molecule has 3 atom stereocenters. The summed E-state index contributed by atoms with van der Waals surface area (Å²) in [6.07, 6.45) is 1.18. The minimum atomic E-state index is -1.37. The topological polar surface area (TPSA) is 209 Å². The Bertz CT molecular complexity index is 1070.